The second kappa shape index (κ2) is 6.74. The van der Waals surface area contributed by atoms with Crippen molar-refractivity contribution in [3.8, 4) is 0 Å². The molecule has 6 heteroatoms. The standard InChI is InChI=1S/C15H15ClN2O2S/c1-10-3-2-4-12(7-10)21(20)9-15(19)18-14-6-5-11(17)8-13(14)16/h2-8H,9,17H2,1H3,(H,18,19). The lowest BCUT2D eigenvalue weighted by Crippen LogP contribution is -2.19. The van der Waals surface area contributed by atoms with Crippen LogP contribution in [0.2, 0.25) is 5.02 Å². The number of rotatable bonds is 4. The van der Waals surface area contributed by atoms with E-state index >= 15 is 0 Å². The van der Waals surface area contributed by atoms with E-state index in [0.29, 0.717) is 21.3 Å². The van der Waals surface area contributed by atoms with Crippen LogP contribution in [0.15, 0.2) is 47.4 Å². The predicted molar refractivity (Wildman–Crippen MR) is 86.9 cm³/mol. The van der Waals surface area contributed by atoms with Crippen LogP contribution < -0.4 is 11.1 Å². The number of anilines is 2. The molecule has 0 aliphatic rings. The van der Waals surface area contributed by atoms with Crippen molar-refractivity contribution in [2.75, 3.05) is 16.8 Å². The predicted octanol–water partition coefficient (Wildman–Crippen LogP) is 2.98. The molecule has 1 amide bonds. The topological polar surface area (TPSA) is 72.2 Å². The minimum atomic E-state index is -1.39. The van der Waals surface area contributed by atoms with E-state index in [1.807, 2.05) is 19.1 Å². The molecule has 4 nitrogen and oxygen atoms in total. The van der Waals surface area contributed by atoms with E-state index in [2.05, 4.69) is 5.32 Å². The molecule has 0 aliphatic carbocycles. The van der Waals surface area contributed by atoms with Crippen molar-refractivity contribution in [2.24, 2.45) is 0 Å². The van der Waals surface area contributed by atoms with Crippen LogP contribution in [-0.2, 0) is 15.6 Å². The number of halogens is 1. The van der Waals surface area contributed by atoms with E-state index in [9.17, 15) is 9.00 Å². The minimum Gasteiger partial charge on any atom is -0.399 e. The molecule has 1 unspecified atom stereocenters. The number of aryl methyl sites for hydroxylation is 1. The van der Waals surface area contributed by atoms with E-state index < -0.39 is 10.8 Å². The molecule has 3 N–H and O–H groups in total. The van der Waals surface area contributed by atoms with Gasteiger partial charge in [-0.2, -0.15) is 0 Å². The maximum absolute atomic E-state index is 12.1. The number of nitrogen functional groups attached to an aromatic ring is 1. The van der Waals surface area contributed by atoms with Gasteiger partial charge in [-0.3, -0.25) is 9.00 Å². The van der Waals surface area contributed by atoms with Gasteiger partial charge in [0.2, 0.25) is 5.91 Å². The Kier molecular flexibility index (Phi) is 4.98. The number of amides is 1. The molecule has 0 heterocycles. The lowest BCUT2D eigenvalue weighted by atomic mass is 10.2. The van der Waals surface area contributed by atoms with Crippen LogP contribution in [0.1, 0.15) is 5.56 Å². The van der Waals surface area contributed by atoms with Crippen molar-refractivity contribution in [3.63, 3.8) is 0 Å². The van der Waals surface area contributed by atoms with Crippen LogP contribution in [0.25, 0.3) is 0 Å². The van der Waals surface area contributed by atoms with Crippen molar-refractivity contribution in [1.82, 2.24) is 0 Å². The Labute approximate surface area is 130 Å². The van der Waals surface area contributed by atoms with E-state index in [-0.39, 0.29) is 11.7 Å². The zero-order chi connectivity index (χ0) is 15.4. The third-order valence-corrected chi connectivity index (χ3v) is 4.40. The third kappa shape index (κ3) is 4.31. The first-order chi connectivity index (χ1) is 9.95. The molecule has 21 heavy (non-hydrogen) atoms. The quantitative estimate of drug-likeness (QED) is 0.850. The van der Waals surface area contributed by atoms with Crippen LogP contribution >= 0.6 is 11.6 Å². The smallest absolute Gasteiger partial charge is 0.237 e. The van der Waals surface area contributed by atoms with E-state index in [0.717, 1.165) is 5.56 Å². The highest BCUT2D eigenvalue weighted by molar-refractivity contribution is 7.85. The summed E-state index contributed by atoms with van der Waals surface area (Å²) >= 11 is 5.98. The van der Waals surface area contributed by atoms with Gasteiger partial charge < -0.3 is 11.1 Å². The third-order valence-electron chi connectivity index (χ3n) is 2.78. The average Bonchev–Trinajstić information content (AvgIpc) is 2.42. The van der Waals surface area contributed by atoms with Crippen molar-refractivity contribution in [3.05, 3.63) is 53.1 Å². The molecule has 2 rings (SSSR count). The number of carbonyl (C=O) groups excluding carboxylic acids is 1. The monoisotopic (exact) mass is 322 g/mol. The van der Waals surface area contributed by atoms with E-state index in [4.69, 9.17) is 17.3 Å². The van der Waals surface area contributed by atoms with E-state index in [1.165, 1.54) is 0 Å². The van der Waals surface area contributed by atoms with Gasteiger partial charge in [0, 0.05) is 10.6 Å². The van der Waals surface area contributed by atoms with E-state index in [1.54, 1.807) is 30.3 Å². The van der Waals surface area contributed by atoms with Crippen molar-refractivity contribution < 1.29 is 9.00 Å². The van der Waals surface area contributed by atoms with Gasteiger partial charge in [0.05, 0.1) is 21.5 Å². The Morgan fingerprint density at radius 1 is 1.29 bits per heavy atom. The Morgan fingerprint density at radius 2 is 2.05 bits per heavy atom. The van der Waals surface area contributed by atoms with Crippen LogP contribution in [0.5, 0.6) is 0 Å². The molecule has 0 fully saturated rings. The number of hydrogen-bond acceptors (Lipinski definition) is 3. The highest BCUT2D eigenvalue weighted by Crippen LogP contribution is 2.24. The summed E-state index contributed by atoms with van der Waals surface area (Å²) in [5.74, 6) is -0.481. The lowest BCUT2D eigenvalue weighted by Gasteiger charge is -2.08. The Hall–Kier alpha value is -1.85. The Balaban J connectivity index is 2.03. The van der Waals surface area contributed by atoms with Gasteiger partial charge in [-0.15, -0.1) is 0 Å². The Bertz CT molecular complexity index is 704. The molecular formula is C15H15ClN2O2S. The highest BCUT2D eigenvalue weighted by Gasteiger charge is 2.12. The molecule has 0 bridgehead atoms. The normalized spacial score (nSPS) is 11.9. The van der Waals surface area contributed by atoms with Gasteiger partial charge in [-0.1, -0.05) is 23.7 Å². The summed E-state index contributed by atoms with van der Waals surface area (Å²) in [4.78, 5) is 12.6. The number of carbonyl (C=O) groups is 1. The van der Waals surface area contributed by atoms with Gasteiger partial charge in [-0.25, -0.2) is 0 Å². The minimum absolute atomic E-state index is 0.121. The van der Waals surface area contributed by atoms with Crippen LogP contribution in [0.3, 0.4) is 0 Å². The zero-order valence-corrected chi connectivity index (χ0v) is 13.0. The number of nitrogens with one attached hydrogen (secondary N) is 1. The van der Waals surface area contributed by atoms with Crippen molar-refractivity contribution >= 4 is 39.7 Å². The fourth-order valence-corrected chi connectivity index (χ4v) is 3.04. The molecule has 0 saturated heterocycles. The maximum Gasteiger partial charge on any atom is 0.237 e. The fraction of sp³-hybridized carbons (Fsp3) is 0.133. The van der Waals surface area contributed by atoms with Crippen LogP contribution in [0.4, 0.5) is 11.4 Å². The second-order valence-corrected chi connectivity index (χ2v) is 6.45. The summed E-state index contributed by atoms with van der Waals surface area (Å²) in [7, 11) is -1.39. The molecule has 0 aliphatic heterocycles. The lowest BCUT2D eigenvalue weighted by molar-refractivity contribution is -0.113. The van der Waals surface area contributed by atoms with Gasteiger partial charge in [0.1, 0.15) is 5.75 Å². The summed E-state index contributed by atoms with van der Waals surface area (Å²) in [6.45, 7) is 1.91. The summed E-state index contributed by atoms with van der Waals surface area (Å²) in [6.07, 6.45) is 0. The average molecular weight is 323 g/mol. The summed E-state index contributed by atoms with van der Waals surface area (Å²) < 4.78 is 12.1. The van der Waals surface area contributed by atoms with Gasteiger partial charge >= 0.3 is 0 Å². The summed E-state index contributed by atoms with van der Waals surface area (Å²) in [5.41, 5.74) is 7.56. The summed E-state index contributed by atoms with van der Waals surface area (Å²) in [6, 6.07) is 12.1. The molecule has 2 aromatic carbocycles. The molecule has 2 aromatic rings. The molecule has 1 atom stereocenters. The SMILES string of the molecule is Cc1cccc(S(=O)CC(=O)Nc2ccc(N)cc2Cl)c1. The first-order valence-electron chi connectivity index (χ1n) is 6.25. The maximum atomic E-state index is 12.1. The second-order valence-electron chi connectivity index (χ2n) is 4.59. The molecule has 0 aromatic heterocycles. The Morgan fingerprint density at radius 3 is 2.71 bits per heavy atom. The first kappa shape index (κ1) is 15.5. The molecule has 0 saturated carbocycles. The summed E-state index contributed by atoms with van der Waals surface area (Å²) in [5, 5.41) is 2.98. The number of hydrogen-bond donors (Lipinski definition) is 2. The molecule has 0 radical (unpaired) electrons. The van der Waals surface area contributed by atoms with Crippen LogP contribution in [-0.4, -0.2) is 15.9 Å². The van der Waals surface area contributed by atoms with Crippen molar-refractivity contribution in [1.29, 1.82) is 0 Å². The fourth-order valence-electron chi connectivity index (χ4n) is 1.78. The first-order valence-corrected chi connectivity index (χ1v) is 7.95. The largest absolute Gasteiger partial charge is 0.399 e. The van der Waals surface area contributed by atoms with Gasteiger partial charge in [0.25, 0.3) is 0 Å². The number of nitrogens with two attached hydrogens (primary N) is 1. The number of benzene rings is 2. The highest BCUT2D eigenvalue weighted by atomic mass is 35.5. The zero-order valence-electron chi connectivity index (χ0n) is 11.4. The molecule has 0 spiro atoms. The van der Waals surface area contributed by atoms with Gasteiger partial charge in [-0.05, 0) is 42.8 Å². The molecular weight excluding hydrogens is 308 g/mol. The van der Waals surface area contributed by atoms with Crippen molar-refractivity contribution in [2.45, 2.75) is 11.8 Å². The molecule has 110 valence electrons. The van der Waals surface area contributed by atoms with Gasteiger partial charge in [0.15, 0.2) is 0 Å². The van der Waals surface area contributed by atoms with Crippen LogP contribution in [0, 0.1) is 6.92 Å².